The molecule has 8 heteroatoms. The van der Waals surface area contributed by atoms with Crippen molar-refractivity contribution in [1.29, 1.82) is 0 Å². The van der Waals surface area contributed by atoms with Crippen LogP contribution in [0.25, 0.3) is 11.0 Å². The topological polar surface area (TPSA) is 84.7 Å². The first-order valence-corrected chi connectivity index (χ1v) is 9.39. The van der Waals surface area contributed by atoms with Crippen molar-refractivity contribution in [2.24, 2.45) is 5.10 Å². The Morgan fingerprint density at radius 1 is 1.11 bits per heavy atom. The van der Waals surface area contributed by atoms with E-state index < -0.39 is 0 Å². The van der Waals surface area contributed by atoms with Gasteiger partial charge >= 0.3 is 5.91 Å². The van der Waals surface area contributed by atoms with Crippen LogP contribution in [-0.2, 0) is 0 Å². The van der Waals surface area contributed by atoms with Gasteiger partial charge in [-0.15, -0.1) is 0 Å². The largest absolute Gasteiger partial charge is 0.463 e. The first kappa shape index (κ1) is 16.9. The number of aromatic nitrogens is 2. The van der Waals surface area contributed by atoms with Crippen molar-refractivity contribution in [2.75, 3.05) is 0 Å². The first-order chi connectivity index (χ1) is 13.7. The second-order valence-corrected chi connectivity index (χ2v) is 7.08. The van der Waals surface area contributed by atoms with E-state index in [-0.39, 0.29) is 17.7 Å². The Morgan fingerprint density at radius 3 is 2.71 bits per heavy atom. The highest BCUT2D eigenvalue weighted by atomic mass is 79.9. The molecule has 4 heterocycles. The van der Waals surface area contributed by atoms with Crippen molar-refractivity contribution in [1.82, 2.24) is 15.0 Å². The van der Waals surface area contributed by atoms with E-state index in [1.165, 1.54) is 5.01 Å². The summed E-state index contributed by atoms with van der Waals surface area (Å²) in [6.07, 6.45) is 5.41. The molecule has 3 aromatic heterocycles. The van der Waals surface area contributed by atoms with E-state index in [1.807, 2.05) is 24.3 Å². The Bertz CT molecular complexity index is 1200. The number of fused-ring (bicyclic) bond motifs is 1. The Labute approximate surface area is 167 Å². The lowest BCUT2D eigenvalue weighted by molar-refractivity contribution is 0.0677. The fourth-order valence-corrected chi connectivity index (χ4v) is 3.59. The zero-order chi connectivity index (χ0) is 19.1. The molecular formula is C20H13BrN4O3. The third kappa shape index (κ3) is 2.91. The number of carbonyl (C=O) groups excluding carboxylic acids is 1. The number of benzene rings is 1. The molecule has 1 aromatic carbocycles. The highest BCUT2D eigenvalue weighted by Crippen LogP contribution is 2.35. The van der Waals surface area contributed by atoms with Crippen LogP contribution in [0.15, 0.2) is 79.7 Å². The quantitative estimate of drug-likeness (QED) is 0.469. The highest BCUT2D eigenvalue weighted by Gasteiger charge is 2.36. The van der Waals surface area contributed by atoms with Gasteiger partial charge in [0, 0.05) is 18.8 Å². The zero-order valence-electron chi connectivity index (χ0n) is 14.4. The molecule has 0 saturated carbocycles. The van der Waals surface area contributed by atoms with Crippen molar-refractivity contribution < 1.29 is 13.6 Å². The Kier molecular flexibility index (Phi) is 4.05. The van der Waals surface area contributed by atoms with Crippen LogP contribution >= 0.6 is 15.9 Å². The molecular weight excluding hydrogens is 424 g/mol. The lowest BCUT2D eigenvalue weighted by Crippen LogP contribution is -2.26. The van der Waals surface area contributed by atoms with Crippen LogP contribution in [0.2, 0.25) is 0 Å². The van der Waals surface area contributed by atoms with Gasteiger partial charge < -0.3 is 8.83 Å². The predicted octanol–water partition coefficient (Wildman–Crippen LogP) is 4.57. The third-order valence-electron chi connectivity index (χ3n) is 4.59. The van der Waals surface area contributed by atoms with Crippen LogP contribution in [0.4, 0.5) is 0 Å². The van der Waals surface area contributed by atoms with E-state index in [1.54, 1.807) is 36.9 Å². The highest BCUT2D eigenvalue weighted by molar-refractivity contribution is 9.10. The fraction of sp³-hybridized carbons (Fsp3) is 0.100. The van der Waals surface area contributed by atoms with Gasteiger partial charge in [-0.05, 0) is 57.9 Å². The molecule has 0 fully saturated rings. The molecule has 1 atom stereocenters. The number of hydrazone groups is 1. The summed E-state index contributed by atoms with van der Waals surface area (Å²) in [6, 6.07) is 12.4. The third-order valence-corrected chi connectivity index (χ3v) is 5.01. The van der Waals surface area contributed by atoms with Crippen molar-refractivity contribution >= 4 is 38.6 Å². The number of furan rings is 2. The molecule has 1 aliphatic heterocycles. The predicted molar refractivity (Wildman–Crippen MR) is 105 cm³/mol. The minimum absolute atomic E-state index is 0.210. The molecule has 0 radical (unpaired) electrons. The van der Waals surface area contributed by atoms with Crippen LogP contribution in [0.5, 0.6) is 0 Å². The number of amides is 1. The smallest absolute Gasteiger partial charge is 0.310 e. The summed E-state index contributed by atoms with van der Waals surface area (Å²) in [5.74, 6) is 0.528. The van der Waals surface area contributed by atoms with Crippen LogP contribution in [0.3, 0.4) is 0 Å². The summed E-state index contributed by atoms with van der Waals surface area (Å²) in [5.41, 5.74) is 3.18. The molecule has 5 rings (SSSR count). The number of hydrogen-bond donors (Lipinski definition) is 0. The van der Waals surface area contributed by atoms with E-state index in [0.717, 1.165) is 16.6 Å². The standard InChI is InChI=1S/C20H13BrN4O3/c21-19-6-5-18(28-19)20(26)25-16(11-15(24-25)17-2-1-9-27-17)12-3-4-13-14(10-12)23-8-7-22-13/h1-10,16H,11H2. The zero-order valence-corrected chi connectivity index (χ0v) is 16.0. The Balaban J connectivity index is 1.57. The normalized spacial score (nSPS) is 16.5. The molecule has 0 saturated heterocycles. The van der Waals surface area contributed by atoms with Crippen molar-refractivity contribution in [2.45, 2.75) is 12.5 Å². The van der Waals surface area contributed by atoms with E-state index >= 15 is 0 Å². The molecule has 28 heavy (non-hydrogen) atoms. The number of rotatable bonds is 3. The van der Waals surface area contributed by atoms with Crippen molar-refractivity contribution in [3.8, 4) is 0 Å². The Hall–Kier alpha value is -3.26. The van der Waals surface area contributed by atoms with Crippen molar-refractivity contribution in [3.63, 3.8) is 0 Å². The maximum Gasteiger partial charge on any atom is 0.310 e. The van der Waals surface area contributed by atoms with Gasteiger partial charge in [0.2, 0.25) is 0 Å². The molecule has 0 aliphatic carbocycles. The average molecular weight is 437 g/mol. The van der Waals surface area contributed by atoms with Gasteiger partial charge in [0.05, 0.1) is 23.3 Å². The molecule has 1 amide bonds. The van der Waals surface area contributed by atoms with Crippen LogP contribution < -0.4 is 0 Å². The van der Waals surface area contributed by atoms with Crippen LogP contribution in [0.1, 0.15) is 34.3 Å². The van der Waals surface area contributed by atoms with Crippen LogP contribution in [-0.4, -0.2) is 26.6 Å². The monoisotopic (exact) mass is 436 g/mol. The van der Waals surface area contributed by atoms with Gasteiger partial charge in [-0.1, -0.05) is 6.07 Å². The number of carbonyl (C=O) groups is 1. The number of nitrogens with zero attached hydrogens (tertiary/aromatic N) is 4. The number of halogens is 1. The summed E-state index contributed by atoms with van der Waals surface area (Å²) < 4.78 is 11.4. The van der Waals surface area contributed by atoms with E-state index in [2.05, 4.69) is 31.0 Å². The second kappa shape index (κ2) is 6.72. The van der Waals surface area contributed by atoms with Gasteiger partial charge in [-0.3, -0.25) is 14.8 Å². The summed E-state index contributed by atoms with van der Waals surface area (Å²) in [7, 11) is 0. The van der Waals surface area contributed by atoms with E-state index in [9.17, 15) is 4.79 Å². The average Bonchev–Trinajstić information content (AvgIpc) is 3.47. The maximum absolute atomic E-state index is 13.1. The molecule has 0 N–H and O–H groups in total. The SMILES string of the molecule is O=C(c1ccc(Br)o1)N1N=C(c2ccco2)CC1c1ccc2nccnc2c1. The molecule has 0 bridgehead atoms. The molecule has 1 unspecified atom stereocenters. The summed E-state index contributed by atoms with van der Waals surface area (Å²) in [5, 5.41) is 5.99. The van der Waals surface area contributed by atoms with Gasteiger partial charge in [0.1, 0.15) is 11.5 Å². The molecule has 138 valence electrons. The van der Waals surface area contributed by atoms with Crippen molar-refractivity contribution in [3.05, 3.63) is 82.9 Å². The van der Waals surface area contributed by atoms with E-state index in [0.29, 0.717) is 22.6 Å². The minimum Gasteiger partial charge on any atom is -0.463 e. The maximum atomic E-state index is 13.1. The van der Waals surface area contributed by atoms with Gasteiger partial charge in [0.15, 0.2) is 10.4 Å². The summed E-state index contributed by atoms with van der Waals surface area (Å²) in [4.78, 5) is 21.7. The first-order valence-electron chi connectivity index (χ1n) is 8.60. The fourth-order valence-electron chi connectivity index (χ4n) is 3.28. The Morgan fingerprint density at radius 2 is 1.96 bits per heavy atom. The molecule has 0 spiro atoms. The van der Waals surface area contributed by atoms with Gasteiger partial charge in [-0.25, -0.2) is 5.01 Å². The number of hydrogen-bond acceptors (Lipinski definition) is 6. The van der Waals surface area contributed by atoms with Gasteiger partial charge in [-0.2, -0.15) is 5.10 Å². The van der Waals surface area contributed by atoms with E-state index in [4.69, 9.17) is 8.83 Å². The molecule has 7 nitrogen and oxygen atoms in total. The minimum atomic E-state index is -0.323. The molecule has 1 aliphatic rings. The van der Waals surface area contributed by atoms with Crippen LogP contribution in [0, 0.1) is 0 Å². The summed E-state index contributed by atoms with van der Waals surface area (Å²) in [6.45, 7) is 0. The summed E-state index contributed by atoms with van der Waals surface area (Å²) >= 11 is 3.24. The second-order valence-electron chi connectivity index (χ2n) is 6.30. The van der Waals surface area contributed by atoms with Gasteiger partial charge in [0.25, 0.3) is 0 Å². The lowest BCUT2D eigenvalue weighted by atomic mass is 10.00. The molecule has 4 aromatic rings. The lowest BCUT2D eigenvalue weighted by Gasteiger charge is -2.21.